The molecule has 5 rings (SSSR count). The van der Waals surface area contributed by atoms with Crippen molar-refractivity contribution in [3.8, 4) is 5.88 Å². The average Bonchev–Trinajstić information content (AvgIpc) is 3.61. The second-order valence-electron chi connectivity index (χ2n) is 10.3. The van der Waals surface area contributed by atoms with Crippen LogP contribution in [0.3, 0.4) is 0 Å². The van der Waals surface area contributed by atoms with Gasteiger partial charge in [0.1, 0.15) is 12.1 Å². The van der Waals surface area contributed by atoms with Crippen LogP contribution in [0.2, 0.25) is 0 Å². The zero-order chi connectivity index (χ0) is 25.4. The number of nitrogens with zero attached hydrogens (tertiary/aromatic N) is 4. The van der Waals surface area contributed by atoms with Gasteiger partial charge in [0, 0.05) is 50.6 Å². The first kappa shape index (κ1) is 25.0. The molecule has 36 heavy (non-hydrogen) atoms. The lowest BCUT2D eigenvalue weighted by Gasteiger charge is -2.39. The van der Waals surface area contributed by atoms with E-state index in [0.717, 1.165) is 37.3 Å². The normalized spacial score (nSPS) is 23.6. The minimum absolute atomic E-state index is 0.0146. The number of fused-ring (bicyclic) bond motifs is 1. The van der Waals surface area contributed by atoms with Gasteiger partial charge in [-0.25, -0.2) is 4.98 Å². The van der Waals surface area contributed by atoms with E-state index in [2.05, 4.69) is 20.2 Å². The third kappa shape index (κ3) is 5.64. The molecule has 1 aromatic carbocycles. The highest BCUT2D eigenvalue weighted by Gasteiger charge is 2.40. The van der Waals surface area contributed by atoms with E-state index in [1.807, 2.05) is 18.7 Å². The molecule has 1 N–H and O–H groups in total. The summed E-state index contributed by atoms with van der Waals surface area (Å²) in [4.78, 5) is 26.6. The fourth-order valence-electron chi connectivity index (χ4n) is 5.12. The van der Waals surface area contributed by atoms with Gasteiger partial charge in [0.25, 0.3) is 0 Å². The Labute approximate surface area is 209 Å². The van der Waals surface area contributed by atoms with Crippen molar-refractivity contribution in [3.05, 3.63) is 53.5 Å². The van der Waals surface area contributed by atoms with E-state index in [1.54, 1.807) is 12.4 Å². The van der Waals surface area contributed by atoms with E-state index < -0.39 is 17.8 Å². The van der Waals surface area contributed by atoms with Crippen LogP contribution in [0.15, 0.2) is 36.7 Å². The number of carbonyl (C=O) groups excluding carboxylic acids is 1. The van der Waals surface area contributed by atoms with Crippen molar-refractivity contribution in [2.45, 2.75) is 69.4 Å². The Bertz CT molecular complexity index is 1060. The van der Waals surface area contributed by atoms with Gasteiger partial charge in [-0.3, -0.25) is 20.0 Å². The number of carbonyl (C=O) groups is 1. The van der Waals surface area contributed by atoms with Gasteiger partial charge in [-0.1, -0.05) is 12.1 Å². The molecule has 1 saturated carbocycles. The summed E-state index contributed by atoms with van der Waals surface area (Å²) in [5.74, 6) is 0.960. The maximum absolute atomic E-state index is 13.5. The first-order valence-corrected chi connectivity index (χ1v) is 12.6. The molecule has 1 aliphatic carbocycles. The fraction of sp³-hybridized carbons (Fsp3) is 0.577. The molecule has 2 aliphatic heterocycles. The summed E-state index contributed by atoms with van der Waals surface area (Å²) in [6.07, 6.45) is 2.20. The van der Waals surface area contributed by atoms with Crippen LogP contribution in [-0.2, 0) is 11.0 Å². The summed E-state index contributed by atoms with van der Waals surface area (Å²) in [6, 6.07) is 4.31. The summed E-state index contributed by atoms with van der Waals surface area (Å²) in [5, 5.41) is 3.24. The first-order chi connectivity index (χ1) is 17.2. The molecular formula is C26H32F3N5O2. The van der Waals surface area contributed by atoms with E-state index in [4.69, 9.17) is 4.74 Å². The lowest BCUT2D eigenvalue weighted by molar-refractivity contribution is -0.137. The highest BCUT2D eigenvalue weighted by atomic mass is 19.4. The van der Waals surface area contributed by atoms with Crippen LogP contribution in [0.5, 0.6) is 5.88 Å². The lowest BCUT2D eigenvalue weighted by Crippen LogP contribution is -2.54. The fourth-order valence-corrected chi connectivity index (χ4v) is 5.12. The smallest absolute Gasteiger partial charge is 0.416 e. The minimum atomic E-state index is -4.41. The van der Waals surface area contributed by atoms with Crippen LogP contribution in [0.4, 0.5) is 13.2 Å². The zero-order valence-electron chi connectivity index (χ0n) is 20.5. The van der Waals surface area contributed by atoms with Crippen LogP contribution in [0.1, 0.15) is 61.9 Å². The highest BCUT2D eigenvalue weighted by molar-refractivity contribution is 5.83. The van der Waals surface area contributed by atoms with Crippen LogP contribution in [-0.4, -0.2) is 70.0 Å². The van der Waals surface area contributed by atoms with Crippen LogP contribution >= 0.6 is 0 Å². The van der Waals surface area contributed by atoms with Gasteiger partial charge in [-0.05, 0) is 44.4 Å². The third-order valence-electron chi connectivity index (χ3n) is 7.14. The number of amides is 1. The van der Waals surface area contributed by atoms with Crippen molar-refractivity contribution in [2.75, 3.05) is 26.2 Å². The number of halogens is 3. The Morgan fingerprint density at radius 2 is 1.83 bits per heavy atom. The molecule has 3 heterocycles. The van der Waals surface area contributed by atoms with Crippen molar-refractivity contribution in [1.29, 1.82) is 0 Å². The zero-order valence-corrected chi connectivity index (χ0v) is 20.5. The molecule has 7 nitrogen and oxygen atoms in total. The summed E-state index contributed by atoms with van der Waals surface area (Å²) < 4.78 is 45.1. The van der Waals surface area contributed by atoms with Gasteiger partial charge >= 0.3 is 6.18 Å². The Kier molecular flexibility index (Phi) is 6.91. The number of piperazine rings is 1. The quantitative estimate of drug-likeness (QED) is 0.620. The van der Waals surface area contributed by atoms with Crippen molar-refractivity contribution < 1.29 is 22.7 Å². The van der Waals surface area contributed by atoms with Gasteiger partial charge in [0.2, 0.25) is 11.8 Å². The summed E-state index contributed by atoms with van der Waals surface area (Å²) in [6.45, 7) is 6.45. The molecule has 0 radical (unpaired) electrons. The predicted octanol–water partition coefficient (Wildman–Crippen LogP) is 3.78. The molecule has 3 atom stereocenters. The van der Waals surface area contributed by atoms with Gasteiger partial charge in [-0.2, -0.15) is 13.2 Å². The molecular weight excluding hydrogens is 471 g/mol. The van der Waals surface area contributed by atoms with Crippen LogP contribution in [0, 0.1) is 0 Å². The number of rotatable bonds is 7. The standard InChI is InChI=1S/C26H32F3N5O2/c1-16(2)32-24(18-5-7-19(8-6-18)26(27,28)29)25(35)34-10-9-33-15-21(11-20(33)14-34)36-23-13-30-22(12-31-23)17-3-4-17/h5-8,12-13,16-17,20-21,24,32H,3-4,9-11,14-15H2,1-2H3/t20-,21+,24?/m0/s1. The van der Waals surface area contributed by atoms with E-state index in [0.29, 0.717) is 30.5 Å². The Hall–Kier alpha value is -2.72. The first-order valence-electron chi connectivity index (χ1n) is 12.6. The monoisotopic (exact) mass is 503 g/mol. The molecule has 2 saturated heterocycles. The summed E-state index contributed by atoms with van der Waals surface area (Å²) in [5.41, 5.74) is 0.836. The Morgan fingerprint density at radius 1 is 1.08 bits per heavy atom. The molecule has 1 amide bonds. The second-order valence-corrected chi connectivity index (χ2v) is 10.3. The van der Waals surface area contributed by atoms with Gasteiger partial charge in [0.05, 0.1) is 23.7 Å². The van der Waals surface area contributed by atoms with E-state index in [-0.39, 0.29) is 24.1 Å². The van der Waals surface area contributed by atoms with Crippen molar-refractivity contribution in [1.82, 2.24) is 25.1 Å². The van der Waals surface area contributed by atoms with E-state index in [1.165, 1.54) is 25.0 Å². The topological polar surface area (TPSA) is 70.6 Å². The molecule has 3 aliphatic rings. The van der Waals surface area contributed by atoms with Crippen molar-refractivity contribution in [3.63, 3.8) is 0 Å². The maximum atomic E-state index is 13.5. The molecule has 3 fully saturated rings. The highest BCUT2D eigenvalue weighted by Crippen LogP contribution is 2.38. The number of benzene rings is 1. The maximum Gasteiger partial charge on any atom is 0.416 e. The molecule has 1 unspecified atom stereocenters. The predicted molar refractivity (Wildman–Crippen MR) is 127 cm³/mol. The second kappa shape index (κ2) is 9.97. The number of nitrogens with one attached hydrogen (secondary N) is 1. The summed E-state index contributed by atoms with van der Waals surface area (Å²) >= 11 is 0. The van der Waals surface area contributed by atoms with E-state index >= 15 is 0 Å². The lowest BCUT2D eigenvalue weighted by atomic mass is 10.0. The molecule has 10 heteroatoms. The number of ether oxygens (including phenoxy) is 1. The van der Waals surface area contributed by atoms with Crippen LogP contribution in [0.25, 0.3) is 0 Å². The molecule has 2 aromatic rings. The number of hydrogen-bond donors (Lipinski definition) is 1. The number of alkyl halides is 3. The van der Waals surface area contributed by atoms with Gasteiger partial charge < -0.3 is 9.64 Å². The molecule has 1 aromatic heterocycles. The van der Waals surface area contributed by atoms with Crippen molar-refractivity contribution >= 4 is 5.91 Å². The minimum Gasteiger partial charge on any atom is -0.472 e. The third-order valence-corrected chi connectivity index (χ3v) is 7.14. The molecule has 194 valence electrons. The van der Waals surface area contributed by atoms with Crippen LogP contribution < -0.4 is 10.1 Å². The van der Waals surface area contributed by atoms with Gasteiger partial charge in [0.15, 0.2) is 0 Å². The average molecular weight is 504 g/mol. The summed E-state index contributed by atoms with van der Waals surface area (Å²) in [7, 11) is 0. The number of aromatic nitrogens is 2. The van der Waals surface area contributed by atoms with Crippen molar-refractivity contribution in [2.24, 2.45) is 0 Å². The van der Waals surface area contributed by atoms with Gasteiger partial charge in [-0.15, -0.1) is 0 Å². The number of hydrogen-bond acceptors (Lipinski definition) is 6. The molecule has 0 bridgehead atoms. The van der Waals surface area contributed by atoms with E-state index in [9.17, 15) is 18.0 Å². The largest absolute Gasteiger partial charge is 0.472 e. The Morgan fingerprint density at radius 3 is 2.44 bits per heavy atom. The SMILES string of the molecule is CC(C)NC(C(=O)N1CCN2C[C@H](Oc3cnc(C4CC4)cn3)C[C@H]2C1)c1ccc(C(F)(F)F)cc1. The molecule has 0 spiro atoms. The Balaban J connectivity index is 1.22.